The van der Waals surface area contributed by atoms with Crippen molar-refractivity contribution in [2.24, 2.45) is 0 Å². The number of aryl methyl sites for hydroxylation is 1. The van der Waals surface area contributed by atoms with E-state index in [0.717, 1.165) is 39.4 Å². The molecule has 8 rings (SSSR count). The number of halogens is 6. The molecule has 11 heteroatoms. The summed E-state index contributed by atoms with van der Waals surface area (Å²) in [4.78, 5) is 12.3. The molecule has 0 spiro atoms. The third-order valence-corrected chi connectivity index (χ3v) is 14.2. The molecule has 500 valence electrons. The molecule has 0 amide bonds. The van der Waals surface area contributed by atoms with E-state index in [9.17, 15) is 22.0 Å². The average molecular weight is 1280 g/mol. The van der Waals surface area contributed by atoms with Gasteiger partial charge in [0.15, 0.2) is 0 Å². The minimum absolute atomic E-state index is 0.0618. The predicted molar refractivity (Wildman–Crippen MR) is 380 cm³/mol. The lowest BCUT2D eigenvalue weighted by molar-refractivity contribution is -0.138. The van der Waals surface area contributed by atoms with Gasteiger partial charge >= 0.3 is 6.18 Å². The number of benzene rings is 6. The lowest BCUT2D eigenvalue weighted by Gasteiger charge is -2.23. The first kappa shape index (κ1) is 82.8. The van der Waals surface area contributed by atoms with Crippen LogP contribution in [0.15, 0.2) is 182 Å². The van der Waals surface area contributed by atoms with Crippen LogP contribution in [-0.4, -0.2) is 22.1 Å². The normalized spacial score (nSPS) is 11.7. The van der Waals surface area contributed by atoms with Gasteiger partial charge in [-0.15, -0.1) is 0 Å². The van der Waals surface area contributed by atoms with Gasteiger partial charge in [0.2, 0.25) is 0 Å². The fourth-order valence-electron chi connectivity index (χ4n) is 9.06. The number of methoxy groups -OCH3 is 1. The number of nitrogens with zero attached hydrogens (tertiary/aromatic N) is 4. The van der Waals surface area contributed by atoms with E-state index in [1.54, 1.807) is 64.7 Å². The van der Waals surface area contributed by atoms with E-state index >= 15 is 0 Å². The zero-order valence-electron chi connectivity index (χ0n) is 60.3. The second-order valence-electron chi connectivity index (χ2n) is 30.6. The van der Waals surface area contributed by atoms with Crippen LogP contribution in [0, 0.1) is 29.9 Å². The number of alkyl halides is 3. The fraction of sp³-hybridized carbons (Fsp3) is 0.432. The Bertz CT molecular complexity index is 3220. The van der Waals surface area contributed by atoms with Crippen LogP contribution >= 0.6 is 11.6 Å². The van der Waals surface area contributed by atoms with Crippen molar-refractivity contribution >= 4 is 11.6 Å². The number of aromatic nitrogens is 3. The molecular weight excluding hydrogens is 1180 g/mol. The van der Waals surface area contributed by atoms with Crippen LogP contribution in [0.25, 0.3) is 0 Å². The van der Waals surface area contributed by atoms with Gasteiger partial charge in [-0.2, -0.15) is 18.4 Å². The quantitative estimate of drug-likeness (QED) is 0.153. The Balaban J connectivity index is 0.000000527. The first-order valence-corrected chi connectivity index (χ1v) is 31.6. The summed E-state index contributed by atoms with van der Waals surface area (Å²) >= 11 is 6.01. The molecule has 92 heavy (non-hydrogen) atoms. The Morgan fingerprint density at radius 1 is 0.359 bits per heavy atom. The Morgan fingerprint density at radius 2 is 0.717 bits per heavy atom. The number of rotatable bonds is 1. The molecule has 0 aliphatic rings. The molecule has 8 aromatic rings. The van der Waals surface area contributed by atoms with Gasteiger partial charge in [-0.3, -0.25) is 4.98 Å². The van der Waals surface area contributed by atoms with E-state index in [2.05, 4.69) is 168 Å². The molecule has 0 unspecified atom stereocenters. The van der Waals surface area contributed by atoms with Gasteiger partial charge in [0.25, 0.3) is 0 Å². The van der Waals surface area contributed by atoms with Gasteiger partial charge in [0.05, 0.1) is 30.0 Å². The van der Waals surface area contributed by atoms with Crippen molar-refractivity contribution in [3.05, 3.63) is 261 Å². The first-order valence-electron chi connectivity index (χ1n) is 31.3. The molecule has 0 N–H and O–H groups in total. The molecule has 0 fully saturated rings. The lowest BCUT2D eigenvalue weighted by atomic mass is 9.83. The van der Waals surface area contributed by atoms with Crippen LogP contribution in [0.3, 0.4) is 0 Å². The van der Waals surface area contributed by atoms with Crippen molar-refractivity contribution in [3.63, 3.8) is 0 Å². The smallest absolute Gasteiger partial charge is 0.416 e. The van der Waals surface area contributed by atoms with Crippen LogP contribution in [-0.2, 0) is 49.5 Å². The van der Waals surface area contributed by atoms with Crippen molar-refractivity contribution in [2.75, 3.05) is 7.11 Å². The number of nitriles is 1. The van der Waals surface area contributed by atoms with Crippen LogP contribution in [0.5, 0.6) is 5.75 Å². The predicted octanol–water partition coefficient (Wildman–Crippen LogP) is 24.2. The average Bonchev–Trinajstić information content (AvgIpc) is 0.883. The standard InChI is InChI=1S/C11H13F3.C11H13N.C11H16O.C11H16.C10H13Cl.C10H13F.C9H12FN.C8H12N2/c1-10(2,3)8-6-4-5-7-9(8)11(12,13)14;1-11(2,3)10-7-5-4-6-9(10)8-12;1-11(2,3)9-7-5-6-8-10(9)12-4;1-9-7-5-6-8-10(9)11(2,3)4;2*1-10(2,3)8-6-4-5-7-9(8)11;1-9(2,3)8-7(10)5-4-6-11-8;1-8(2,3)7-9-5-4-6-10-7/h4-7H,1-3H3;4-7H,1-3H3;5-8H,1-4H3;5-8H,1-4H3;2*4-7H,1-3H3;4-6H,1-3H3;4-6H,1-3H3. The van der Waals surface area contributed by atoms with Crippen LogP contribution in [0.4, 0.5) is 22.0 Å². The van der Waals surface area contributed by atoms with Crippen molar-refractivity contribution < 1.29 is 26.7 Å². The third-order valence-electron chi connectivity index (χ3n) is 13.8. The number of pyridine rings is 1. The minimum atomic E-state index is -4.26. The number of para-hydroxylation sites is 1. The van der Waals surface area contributed by atoms with Crippen LogP contribution in [0.1, 0.15) is 228 Å². The summed E-state index contributed by atoms with van der Waals surface area (Å²) in [5, 5.41) is 9.69. The third kappa shape index (κ3) is 30.0. The van der Waals surface area contributed by atoms with Gasteiger partial charge in [0, 0.05) is 34.4 Å². The molecule has 0 atom stereocenters. The fourth-order valence-corrected chi connectivity index (χ4v) is 9.48. The maximum atomic E-state index is 13.1. The van der Waals surface area contributed by atoms with Crippen molar-refractivity contribution in [1.29, 1.82) is 5.26 Å². The van der Waals surface area contributed by atoms with Gasteiger partial charge < -0.3 is 4.74 Å². The highest BCUT2D eigenvalue weighted by Gasteiger charge is 2.36. The van der Waals surface area contributed by atoms with Crippen molar-refractivity contribution in [2.45, 2.75) is 223 Å². The van der Waals surface area contributed by atoms with E-state index in [1.165, 1.54) is 46.5 Å². The topological polar surface area (TPSA) is 71.7 Å². The zero-order chi connectivity index (χ0) is 70.9. The molecule has 0 aliphatic heterocycles. The monoisotopic (exact) mass is 1280 g/mol. The molecular formula is C81H108ClF5N4O. The van der Waals surface area contributed by atoms with E-state index in [-0.39, 0.29) is 49.5 Å². The molecule has 0 bridgehead atoms. The van der Waals surface area contributed by atoms with Gasteiger partial charge in [-0.1, -0.05) is 293 Å². The first-order chi connectivity index (χ1) is 42.0. The summed E-state index contributed by atoms with van der Waals surface area (Å²) < 4.78 is 69.1. The Labute approximate surface area is 557 Å². The molecule has 5 nitrogen and oxygen atoms in total. The van der Waals surface area contributed by atoms with E-state index < -0.39 is 17.2 Å². The maximum absolute atomic E-state index is 13.1. The molecule has 2 heterocycles. The van der Waals surface area contributed by atoms with E-state index in [4.69, 9.17) is 21.6 Å². The van der Waals surface area contributed by atoms with E-state index in [1.807, 2.05) is 120 Å². The summed E-state index contributed by atoms with van der Waals surface area (Å²) in [5.41, 5.74) is 8.26. The summed E-state index contributed by atoms with van der Waals surface area (Å²) in [6, 6.07) is 52.1. The number of ether oxygens (including phenoxy) is 1. The molecule has 0 saturated heterocycles. The largest absolute Gasteiger partial charge is 0.496 e. The highest BCUT2D eigenvalue weighted by Crippen LogP contribution is 2.38. The Hall–Kier alpha value is -7.22. The second kappa shape index (κ2) is 35.7. The minimum Gasteiger partial charge on any atom is -0.496 e. The van der Waals surface area contributed by atoms with Crippen LogP contribution in [0.2, 0.25) is 5.02 Å². The SMILES string of the molecule is CC(C)(C)c1ccccc1C#N.CC(C)(C)c1ccccc1C(F)(F)F.CC(C)(C)c1ccccc1Cl.CC(C)(C)c1ccccc1F.CC(C)(C)c1ncccc1F.CC(C)(C)c1ncccn1.COc1ccccc1C(C)(C)C.Cc1ccccc1C(C)(C)C. The molecule has 6 aromatic carbocycles. The summed E-state index contributed by atoms with van der Waals surface area (Å²) in [5.74, 6) is 1.54. The van der Waals surface area contributed by atoms with Crippen LogP contribution < -0.4 is 4.74 Å². The van der Waals surface area contributed by atoms with Crippen molar-refractivity contribution in [1.82, 2.24) is 15.0 Å². The highest BCUT2D eigenvalue weighted by atomic mass is 35.5. The Morgan fingerprint density at radius 3 is 1.02 bits per heavy atom. The van der Waals surface area contributed by atoms with Gasteiger partial charge in [0.1, 0.15) is 23.2 Å². The molecule has 0 saturated carbocycles. The second-order valence-corrected chi connectivity index (χ2v) is 31.0. The Kier molecular flexibility index (Phi) is 32.1. The van der Waals surface area contributed by atoms with E-state index in [0.29, 0.717) is 11.3 Å². The number of hydrogen-bond acceptors (Lipinski definition) is 5. The van der Waals surface area contributed by atoms with Gasteiger partial charge in [-0.05, 0) is 127 Å². The highest BCUT2D eigenvalue weighted by molar-refractivity contribution is 6.31. The summed E-state index contributed by atoms with van der Waals surface area (Å²) in [6.45, 7) is 51.8. The molecule has 0 radical (unpaired) electrons. The zero-order valence-corrected chi connectivity index (χ0v) is 61.0. The van der Waals surface area contributed by atoms with Crippen molar-refractivity contribution in [3.8, 4) is 11.8 Å². The number of hydrogen-bond donors (Lipinski definition) is 0. The summed E-state index contributed by atoms with van der Waals surface area (Å²) in [6.07, 6.45) is 0.898. The molecule has 0 aliphatic carbocycles. The molecule has 2 aromatic heterocycles. The lowest BCUT2D eigenvalue weighted by Crippen LogP contribution is -2.19. The maximum Gasteiger partial charge on any atom is 0.416 e. The summed E-state index contributed by atoms with van der Waals surface area (Å²) in [7, 11) is 1.71. The van der Waals surface area contributed by atoms with Gasteiger partial charge in [-0.25, -0.2) is 18.7 Å².